The van der Waals surface area contributed by atoms with Gasteiger partial charge < -0.3 is 9.72 Å². The van der Waals surface area contributed by atoms with E-state index in [0.717, 1.165) is 22.5 Å². The Balaban J connectivity index is 1.61. The summed E-state index contributed by atoms with van der Waals surface area (Å²) in [4.78, 5) is 16.4. The number of hydrogen-bond donors (Lipinski definition) is 1. The van der Waals surface area contributed by atoms with Gasteiger partial charge in [0.25, 0.3) is 0 Å². The number of aromatic nitrogens is 2. The molecule has 0 bridgehead atoms. The molecule has 3 aromatic rings. The van der Waals surface area contributed by atoms with Crippen LogP contribution in [0, 0.1) is 13.8 Å². The smallest absolute Gasteiger partial charge is 0.244 e. The minimum atomic E-state index is -0.126. The van der Waals surface area contributed by atoms with Gasteiger partial charge in [0.1, 0.15) is 5.65 Å². The molecule has 0 fully saturated rings. The molecule has 0 saturated carbocycles. The van der Waals surface area contributed by atoms with Crippen LogP contribution in [-0.4, -0.2) is 15.3 Å². The van der Waals surface area contributed by atoms with Crippen LogP contribution in [0.3, 0.4) is 0 Å². The second-order valence-electron chi connectivity index (χ2n) is 5.62. The highest BCUT2D eigenvalue weighted by Crippen LogP contribution is 2.10. The summed E-state index contributed by atoms with van der Waals surface area (Å²) in [5.41, 5.74) is 5.09. The average Bonchev–Trinajstić information content (AvgIpc) is 2.97. The van der Waals surface area contributed by atoms with Gasteiger partial charge in [0.15, 0.2) is 0 Å². The van der Waals surface area contributed by atoms with Gasteiger partial charge in [-0.25, -0.2) is 4.98 Å². The van der Waals surface area contributed by atoms with Crippen molar-refractivity contribution in [1.82, 2.24) is 14.7 Å². The van der Waals surface area contributed by atoms with Gasteiger partial charge in [0, 0.05) is 18.5 Å². The van der Waals surface area contributed by atoms with Crippen LogP contribution >= 0.6 is 0 Å². The Morgan fingerprint density at radius 1 is 1.22 bits per heavy atom. The highest BCUT2D eigenvalue weighted by molar-refractivity contribution is 5.91. The third-order valence-corrected chi connectivity index (χ3v) is 3.68. The van der Waals surface area contributed by atoms with Gasteiger partial charge in [0.05, 0.1) is 12.2 Å². The van der Waals surface area contributed by atoms with Crippen LogP contribution in [0.5, 0.6) is 0 Å². The number of carbonyl (C=O) groups is 1. The van der Waals surface area contributed by atoms with Crippen molar-refractivity contribution in [3.05, 3.63) is 77.3 Å². The molecule has 0 radical (unpaired) electrons. The number of hydrogen-bond acceptors (Lipinski definition) is 2. The normalized spacial score (nSPS) is 11.2. The molecule has 1 amide bonds. The molecule has 0 saturated heterocycles. The van der Waals surface area contributed by atoms with Crippen LogP contribution in [0.25, 0.3) is 11.7 Å². The molecular formula is C19H19N3O. The molecule has 0 atom stereocenters. The third kappa shape index (κ3) is 3.66. The number of pyridine rings is 1. The maximum atomic E-state index is 11.9. The summed E-state index contributed by atoms with van der Waals surface area (Å²) in [5.74, 6) is -0.126. The summed E-state index contributed by atoms with van der Waals surface area (Å²) >= 11 is 0. The molecule has 1 N–H and O–H groups in total. The van der Waals surface area contributed by atoms with Crippen LogP contribution in [0.4, 0.5) is 0 Å². The number of imidazole rings is 1. The number of aryl methyl sites for hydroxylation is 2. The van der Waals surface area contributed by atoms with Crippen molar-refractivity contribution < 1.29 is 4.79 Å². The molecule has 4 heteroatoms. The SMILES string of the molecule is Cc1ccc(/C=C/C(=O)NCc2cn3cccc(C)c3n2)cc1. The Hall–Kier alpha value is -2.88. The summed E-state index contributed by atoms with van der Waals surface area (Å²) in [5, 5.41) is 2.86. The monoisotopic (exact) mass is 305 g/mol. The van der Waals surface area contributed by atoms with Crippen molar-refractivity contribution in [2.24, 2.45) is 0 Å². The van der Waals surface area contributed by atoms with E-state index < -0.39 is 0 Å². The molecule has 4 nitrogen and oxygen atoms in total. The first-order valence-electron chi connectivity index (χ1n) is 7.57. The first-order chi connectivity index (χ1) is 11.1. The fourth-order valence-electron chi connectivity index (χ4n) is 2.38. The molecule has 0 aliphatic carbocycles. The van der Waals surface area contributed by atoms with E-state index in [1.54, 1.807) is 6.08 Å². The van der Waals surface area contributed by atoms with Crippen molar-refractivity contribution >= 4 is 17.6 Å². The van der Waals surface area contributed by atoms with E-state index in [4.69, 9.17) is 0 Å². The Labute approximate surface area is 135 Å². The zero-order valence-corrected chi connectivity index (χ0v) is 13.3. The zero-order chi connectivity index (χ0) is 16.2. The maximum Gasteiger partial charge on any atom is 0.244 e. The summed E-state index contributed by atoms with van der Waals surface area (Å²) < 4.78 is 1.97. The molecule has 1 aromatic carbocycles. The molecule has 3 rings (SSSR count). The Morgan fingerprint density at radius 2 is 2.00 bits per heavy atom. The van der Waals surface area contributed by atoms with Crippen LogP contribution in [0.1, 0.15) is 22.4 Å². The van der Waals surface area contributed by atoms with Crippen LogP contribution < -0.4 is 5.32 Å². The molecular weight excluding hydrogens is 286 g/mol. The summed E-state index contributed by atoms with van der Waals surface area (Å²) in [6.07, 6.45) is 7.25. The lowest BCUT2D eigenvalue weighted by molar-refractivity contribution is -0.116. The van der Waals surface area contributed by atoms with E-state index >= 15 is 0 Å². The van der Waals surface area contributed by atoms with E-state index in [-0.39, 0.29) is 5.91 Å². The molecule has 2 heterocycles. The van der Waals surface area contributed by atoms with Gasteiger partial charge in [-0.05, 0) is 37.1 Å². The molecule has 0 aliphatic heterocycles. The van der Waals surface area contributed by atoms with Crippen molar-refractivity contribution in [2.75, 3.05) is 0 Å². The van der Waals surface area contributed by atoms with Crippen LogP contribution in [-0.2, 0) is 11.3 Å². The minimum Gasteiger partial charge on any atom is -0.347 e. The fourth-order valence-corrected chi connectivity index (χ4v) is 2.38. The second-order valence-corrected chi connectivity index (χ2v) is 5.62. The predicted octanol–water partition coefficient (Wildman–Crippen LogP) is 3.28. The molecule has 0 unspecified atom stereocenters. The first kappa shape index (κ1) is 15.0. The number of fused-ring (bicyclic) bond motifs is 1. The summed E-state index contributed by atoms with van der Waals surface area (Å²) in [7, 11) is 0. The Bertz CT molecular complexity index is 860. The van der Waals surface area contributed by atoms with Crippen molar-refractivity contribution in [2.45, 2.75) is 20.4 Å². The predicted molar refractivity (Wildman–Crippen MR) is 92.0 cm³/mol. The van der Waals surface area contributed by atoms with Crippen molar-refractivity contribution in [1.29, 1.82) is 0 Å². The van der Waals surface area contributed by atoms with E-state index in [1.807, 2.05) is 73.1 Å². The second kappa shape index (κ2) is 6.48. The van der Waals surface area contributed by atoms with Gasteiger partial charge in [-0.3, -0.25) is 4.79 Å². The fraction of sp³-hybridized carbons (Fsp3) is 0.158. The Morgan fingerprint density at radius 3 is 2.74 bits per heavy atom. The number of carbonyl (C=O) groups excluding carboxylic acids is 1. The van der Waals surface area contributed by atoms with Crippen molar-refractivity contribution in [3.63, 3.8) is 0 Å². The zero-order valence-electron chi connectivity index (χ0n) is 13.3. The number of nitrogens with one attached hydrogen (secondary N) is 1. The lowest BCUT2D eigenvalue weighted by atomic mass is 10.1. The van der Waals surface area contributed by atoms with E-state index in [2.05, 4.69) is 10.3 Å². The molecule has 0 aliphatic rings. The Kier molecular flexibility index (Phi) is 4.24. The molecule has 116 valence electrons. The van der Waals surface area contributed by atoms with E-state index in [0.29, 0.717) is 6.54 Å². The average molecular weight is 305 g/mol. The van der Waals surface area contributed by atoms with Gasteiger partial charge >= 0.3 is 0 Å². The largest absolute Gasteiger partial charge is 0.347 e. The van der Waals surface area contributed by atoms with Gasteiger partial charge in [-0.15, -0.1) is 0 Å². The van der Waals surface area contributed by atoms with Crippen LogP contribution in [0.2, 0.25) is 0 Å². The number of rotatable bonds is 4. The van der Waals surface area contributed by atoms with Crippen molar-refractivity contribution in [3.8, 4) is 0 Å². The standard InChI is InChI=1S/C19H19N3O/c1-14-5-7-16(8-6-14)9-10-18(23)20-12-17-13-22-11-3-4-15(2)19(22)21-17/h3-11,13H,12H2,1-2H3,(H,20,23)/b10-9+. The number of amides is 1. The third-order valence-electron chi connectivity index (χ3n) is 3.68. The lowest BCUT2D eigenvalue weighted by Crippen LogP contribution is -2.20. The highest BCUT2D eigenvalue weighted by Gasteiger charge is 2.04. The lowest BCUT2D eigenvalue weighted by Gasteiger charge is -1.98. The maximum absolute atomic E-state index is 11.9. The van der Waals surface area contributed by atoms with E-state index in [1.165, 1.54) is 5.56 Å². The van der Waals surface area contributed by atoms with Gasteiger partial charge in [0.2, 0.25) is 5.91 Å². The van der Waals surface area contributed by atoms with Crippen LogP contribution in [0.15, 0.2) is 54.9 Å². The number of benzene rings is 1. The minimum absolute atomic E-state index is 0.126. The highest BCUT2D eigenvalue weighted by atomic mass is 16.1. The molecule has 23 heavy (non-hydrogen) atoms. The number of nitrogens with zero attached hydrogens (tertiary/aromatic N) is 2. The summed E-state index contributed by atoms with van der Waals surface area (Å²) in [6.45, 7) is 4.48. The van der Waals surface area contributed by atoms with E-state index in [9.17, 15) is 4.79 Å². The van der Waals surface area contributed by atoms with Gasteiger partial charge in [-0.1, -0.05) is 35.9 Å². The molecule has 2 aromatic heterocycles. The topological polar surface area (TPSA) is 46.4 Å². The molecule has 0 spiro atoms. The summed E-state index contributed by atoms with van der Waals surface area (Å²) in [6, 6.07) is 12.0. The quantitative estimate of drug-likeness (QED) is 0.752. The first-order valence-corrected chi connectivity index (χ1v) is 7.57. The van der Waals surface area contributed by atoms with Gasteiger partial charge in [-0.2, -0.15) is 0 Å².